The van der Waals surface area contributed by atoms with Gasteiger partial charge in [0.15, 0.2) is 0 Å². The Hall–Kier alpha value is -2.03. The van der Waals surface area contributed by atoms with Gasteiger partial charge in [0.25, 0.3) is 0 Å². The number of benzene rings is 1. The summed E-state index contributed by atoms with van der Waals surface area (Å²) in [4.78, 5) is 0. The van der Waals surface area contributed by atoms with Crippen LogP contribution in [0.5, 0.6) is 0 Å². The van der Waals surface area contributed by atoms with Crippen molar-refractivity contribution in [1.82, 2.24) is 4.57 Å². The van der Waals surface area contributed by atoms with Crippen molar-refractivity contribution in [3.8, 4) is 6.07 Å². The lowest BCUT2D eigenvalue weighted by Gasteiger charge is -2.08. The molecule has 0 amide bonds. The molecule has 2 rings (SSSR count). The molecule has 0 saturated carbocycles. The van der Waals surface area contributed by atoms with Crippen LogP contribution >= 0.6 is 0 Å². The van der Waals surface area contributed by atoms with Gasteiger partial charge in [0, 0.05) is 12.4 Å². The first-order valence-electron chi connectivity index (χ1n) is 4.61. The Morgan fingerprint density at radius 2 is 1.94 bits per heavy atom. The van der Waals surface area contributed by atoms with Gasteiger partial charge in [0.2, 0.25) is 0 Å². The summed E-state index contributed by atoms with van der Waals surface area (Å²) in [7, 11) is 1.16. The summed E-state index contributed by atoms with van der Waals surface area (Å²) < 4.78 is 52.1. The van der Waals surface area contributed by atoms with E-state index in [1.165, 1.54) is 12.1 Å². The van der Waals surface area contributed by atoms with E-state index >= 15 is 0 Å². The molecular formula is C11H6F4N2. The molecule has 0 aliphatic rings. The lowest BCUT2D eigenvalue weighted by Crippen LogP contribution is -2.12. The maximum Gasteiger partial charge on any atom is 0.432 e. The Bertz CT molecular complexity index is 631. The molecule has 0 bridgehead atoms. The van der Waals surface area contributed by atoms with Crippen molar-refractivity contribution in [2.24, 2.45) is 7.05 Å². The summed E-state index contributed by atoms with van der Waals surface area (Å²) in [5.41, 5.74) is -1.48. The standard InChI is InChI=1S/C11H6F4N2/c1-17-9-4-6(12)2-3-7(9)8(5-16)10(17)11(13,14)15/h2-4H,1H3. The van der Waals surface area contributed by atoms with Gasteiger partial charge in [-0.3, -0.25) is 0 Å². The first-order valence-corrected chi connectivity index (χ1v) is 4.61. The number of rotatable bonds is 0. The zero-order valence-electron chi connectivity index (χ0n) is 8.64. The van der Waals surface area contributed by atoms with Gasteiger partial charge in [-0.15, -0.1) is 0 Å². The van der Waals surface area contributed by atoms with Gasteiger partial charge in [0.05, 0.1) is 11.1 Å². The van der Waals surface area contributed by atoms with E-state index in [2.05, 4.69) is 0 Å². The van der Waals surface area contributed by atoms with Crippen LogP contribution in [-0.4, -0.2) is 4.57 Å². The van der Waals surface area contributed by atoms with E-state index in [-0.39, 0.29) is 10.9 Å². The zero-order valence-corrected chi connectivity index (χ0v) is 8.64. The van der Waals surface area contributed by atoms with E-state index in [4.69, 9.17) is 5.26 Å². The van der Waals surface area contributed by atoms with Gasteiger partial charge >= 0.3 is 6.18 Å². The molecule has 2 nitrogen and oxygen atoms in total. The van der Waals surface area contributed by atoms with E-state index < -0.39 is 23.3 Å². The number of alkyl halides is 3. The average molecular weight is 242 g/mol. The smallest absolute Gasteiger partial charge is 0.339 e. The van der Waals surface area contributed by atoms with Crippen LogP contribution in [-0.2, 0) is 13.2 Å². The van der Waals surface area contributed by atoms with Crippen LogP contribution in [0.15, 0.2) is 18.2 Å². The fraction of sp³-hybridized carbons (Fsp3) is 0.182. The second-order valence-corrected chi connectivity index (χ2v) is 3.55. The van der Waals surface area contributed by atoms with Crippen LogP contribution in [0.25, 0.3) is 10.9 Å². The van der Waals surface area contributed by atoms with Crippen LogP contribution in [0.1, 0.15) is 11.3 Å². The molecular weight excluding hydrogens is 236 g/mol. The van der Waals surface area contributed by atoms with Gasteiger partial charge < -0.3 is 4.57 Å². The summed E-state index contributed by atoms with van der Waals surface area (Å²) in [6.45, 7) is 0. The van der Waals surface area contributed by atoms with Gasteiger partial charge in [-0.2, -0.15) is 18.4 Å². The number of nitriles is 1. The van der Waals surface area contributed by atoms with Crippen LogP contribution < -0.4 is 0 Å². The Kier molecular flexibility index (Phi) is 2.35. The van der Waals surface area contributed by atoms with Crippen LogP contribution in [0.4, 0.5) is 17.6 Å². The van der Waals surface area contributed by atoms with Gasteiger partial charge in [-0.1, -0.05) is 0 Å². The highest BCUT2D eigenvalue weighted by Gasteiger charge is 2.38. The molecule has 0 aliphatic carbocycles. The quantitative estimate of drug-likeness (QED) is 0.652. The molecule has 88 valence electrons. The first-order chi connectivity index (χ1) is 7.86. The number of fused-ring (bicyclic) bond motifs is 1. The highest BCUT2D eigenvalue weighted by molar-refractivity contribution is 5.88. The van der Waals surface area contributed by atoms with Gasteiger partial charge in [-0.25, -0.2) is 4.39 Å². The summed E-state index contributed by atoms with van der Waals surface area (Å²) in [6, 6.07) is 4.71. The molecule has 0 unspecified atom stereocenters. The fourth-order valence-electron chi connectivity index (χ4n) is 1.85. The van der Waals surface area contributed by atoms with E-state index in [9.17, 15) is 17.6 Å². The number of aryl methyl sites for hydroxylation is 1. The summed E-state index contributed by atoms with van der Waals surface area (Å²) >= 11 is 0. The van der Waals surface area contributed by atoms with Crippen LogP contribution in [0, 0.1) is 17.1 Å². The van der Waals surface area contributed by atoms with Gasteiger partial charge in [0.1, 0.15) is 17.6 Å². The van der Waals surface area contributed by atoms with E-state index in [0.717, 1.165) is 23.7 Å². The third-order valence-electron chi connectivity index (χ3n) is 2.54. The van der Waals surface area contributed by atoms with E-state index in [1.807, 2.05) is 0 Å². The van der Waals surface area contributed by atoms with Crippen LogP contribution in [0.2, 0.25) is 0 Å². The first kappa shape index (κ1) is 11.5. The zero-order chi connectivity index (χ0) is 12.8. The SMILES string of the molecule is Cn1c(C(F)(F)F)c(C#N)c2ccc(F)cc21. The molecule has 1 heterocycles. The number of halogens is 4. The third-order valence-corrected chi connectivity index (χ3v) is 2.54. The summed E-state index contributed by atoms with van der Waals surface area (Å²) in [5, 5.41) is 8.91. The molecule has 1 aromatic heterocycles. The molecule has 0 aliphatic heterocycles. The van der Waals surface area contributed by atoms with Gasteiger partial charge in [-0.05, 0) is 18.2 Å². The molecule has 0 atom stereocenters. The largest absolute Gasteiger partial charge is 0.432 e. The molecule has 0 spiro atoms. The van der Waals surface area contributed by atoms with E-state index in [1.54, 1.807) is 0 Å². The molecule has 0 fully saturated rings. The van der Waals surface area contributed by atoms with Crippen molar-refractivity contribution in [3.63, 3.8) is 0 Å². The van der Waals surface area contributed by atoms with Crippen molar-refractivity contribution in [2.45, 2.75) is 6.18 Å². The normalized spacial score (nSPS) is 11.8. The monoisotopic (exact) mass is 242 g/mol. The molecule has 0 radical (unpaired) electrons. The minimum absolute atomic E-state index is 0.0499. The minimum Gasteiger partial charge on any atom is -0.339 e. The summed E-state index contributed by atoms with van der Waals surface area (Å²) in [6.07, 6.45) is -4.64. The van der Waals surface area contributed by atoms with Crippen LogP contribution in [0.3, 0.4) is 0 Å². The average Bonchev–Trinajstić information content (AvgIpc) is 2.51. The topological polar surface area (TPSA) is 28.7 Å². The number of nitrogens with zero attached hydrogens (tertiary/aromatic N) is 2. The maximum atomic E-state index is 13.0. The fourth-order valence-corrected chi connectivity index (χ4v) is 1.85. The van der Waals surface area contributed by atoms with Crippen molar-refractivity contribution >= 4 is 10.9 Å². The molecule has 1 aromatic carbocycles. The summed E-state index contributed by atoms with van der Waals surface area (Å²) in [5.74, 6) is -0.642. The number of hydrogen-bond acceptors (Lipinski definition) is 1. The Morgan fingerprint density at radius 3 is 2.47 bits per heavy atom. The molecule has 2 aromatic rings. The molecule has 6 heteroatoms. The molecule has 0 N–H and O–H groups in total. The lowest BCUT2D eigenvalue weighted by molar-refractivity contribution is -0.143. The van der Waals surface area contributed by atoms with Crippen molar-refractivity contribution in [3.05, 3.63) is 35.3 Å². The highest BCUT2D eigenvalue weighted by atomic mass is 19.4. The van der Waals surface area contributed by atoms with Crippen molar-refractivity contribution in [2.75, 3.05) is 0 Å². The Balaban J connectivity index is 2.95. The Labute approximate surface area is 93.7 Å². The number of aromatic nitrogens is 1. The second-order valence-electron chi connectivity index (χ2n) is 3.55. The minimum atomic E-state index is -4.64. The highest BCUT2D eigenvalue weighted by Crippen LogP contribution is 2.37. The predicted octanol–water partition coefficient (Wildman–Crippen LogP) is 3.21. The van der Waals surface area contributed by atoms with Crippen molar-refractivity contribution < 1.29 is 17.6 Å². The molecule has 17 heavy (non-hydrogen) atoms. The number of hydrogen-bond donors (Lipinski definition) is 0. The Morgan fingerprint density at radius 1 is 1.29 bits per heavy atom. The second kappa shape index (κ2) is 3.48. The lowest BCUT2D eigenvalue weighted by atomic mass is 10.1. The molecule has 0 saturated heterocycles. The third kappa shape index (κ3) is 1.64. The predicted molar refractivity (Wildman–Crippen MR) is 52.6 cm³/mol. The van der Waals surface area contributed by atoms with Crippen molar-refractivity contribution in [1.29, 1.82) is 5.26 Å². The van der Waals surface area contributed by atoms with E-state index in [0.29, 0.717) is 0 Å². The maximum absolute atomic E-state index is 13.0.